The zero-order chi connectivity index (χ0) is 20.6. The third kappa shape index (κ3) is 6.32. The number of allylic oxidation sites excluding steroid dienone is 1. The van der Waals surface area contributed by atoms with E-state index in [0.717, 1.165) is 19.3 Å². The normalized spacial score (nSPS) is 14.2. The van der Waals surface area contributed by atoms with E-state index in [9.17, 15) is 0 Å². The van der Waals surface area contributed by atoms with Crippen molar-refractivity contribution >= 4 is 0 Å². The van der Waals surface area contributed by atoms with E-state index in [1.807, 2.05) is 6.08 Å². The molecule has 0 spiro atoms. The highest BCUT2D eigenvalue weighted by Gasteiger charge is 2.35. The van der Waals surface area contributed by atoms with E-state index in [1.54, 1.807) is 0 Å². The highest BCUT2D eigenvalue weighted by Crippen LogP contribution is 2.38. The molecule has 152 valence electrons. The quantitative estimate of drug-likeness (QED) is 0.240. The van der Waals surface area contributed by atoms with Crippen molar-refractivity contribution in [2.75, 3.05) is 0 Å². The van der Waals surface area contributed by atoms with Gasteiger partial charge in [0, 0.05) is 5.54 Å². The number of hydrogen-bond acceptors (Lipinski definition) is 2. The zero-order valence-electron chi connectivity index (χ0n) is 18.3. The van der Waals surface area contributed by atoms with Crippen molar-refractivity contribution in [2.24, 2.45) is 5.92 Å². The average molecular weight is 380 g/mol. The van der Waals surface area contributed by atoms with Gasteiger partial charge in [0.05, 0.1) is 6.04 Å². The summed E-state index contributed by atoms with van der Waals surface area (Å²) in [4.78, 5) is 6.82. The Labute approximate surface area is 172 Å². The molecule has 2 nitrogen and oxygen atoms in total. The number of unbranched alkanes of at least 4 members (excludes halogenated alkanes) is 1. The number of nitrogens with zero attached hydrogens (tertiary/aromatic N) is 1. The molecular formula is C26H37NO. The van der Waals surface area contributed by atoms with E-state index in [2.05, 4.69) is 107 Å². The fraction of sp³-hybridized carbons (Fsp3) is 0.462. The van der Waals surface area contributed by atoms with Crippen LogP contribution in [0.1, 0.15) is 77.2 Å². The molecule has 2 aromatic rings. The predicted octanol–water partition coefficient (Wildman–Crippen LogP) is 7.51. The molecule has 0 saturated heterocycles. The van der Waals surface area contributed by atoms with Crippen LogP contribution in [0, 0.1) is 5.92 Å². The third-order valence-electron chi connectivity index (χ3n) is 4.97. The maximum Gasteiger partial charge on any atom is 0.104 e. The maximum absolute atomic E-state index is 6.82. The topological polar surface area (TPSA) is 12.5 Å². The third-order valence-corrected chi connectivity index (χ3v) is 4.97. The molecule has 0 fully saturated rings. The van der Waals surface area contributed by atoms with Crippen LogP contribution in [0.15, 0.2) is 73.3 Å². The molecule has 0 aliphatic heterocycles. The number of hydroxylamine groups is 2. The van der Waals surface area contributed by atoms with Crippen molar-refractivity contribution < 1.29 is 4.84 Å². The number of hydrogen-bond donors (Lipinski definition) is 0. The minimum Gasteiger partial charge on any atom is -0.290 e. The summed E-state index contributed by atoms with van der Waals surface area (Å²) in [5, 5.41) is 2.23. The van der Waals surface area contributed by atoms with Gasteiger partial charge in [-0.2, -0.15) is 5.06 Å². The molecule has 0 heterocycles. The SMILES string of the molecule is C=CCCCC(ON(C(c1ccccc1)C(C)C)C(C)(C)C)c1ccccc1. The molecule has 2 heteroatoms. The fourth-order valence-corrected chi connectivity index (χ4v) is 3.61. The van der Waals surface area contributed by atoms with Crippen LogP contribution in [0.2, 0.25) is 0 Å². The first-order valence-corrected chi connectivity index (χ1v) is 10.5. The summed E-state index contributed by atoms with van der Waals surface area (Å²) in [6, 6.07) is 21.5. The van der Waals surface area contributed by atoms with Gasteiger partial charge in [0.1, 0.15) is 6.10 Å². The van der Waals surface area contributed by atoms with Crippen molar-refractivity contribution in [1.29, 1.82) is 0 Å². The van der Waals surface area contributed by atoms with Crippen LogP contribution in [0.25, 0.3) is 0 Å². The monoisotopic (exact) mass is 379 g/mol. The minimum atomic E-state index is -0.129. The van der Waals surface area contributed by atoms with Crippen LogP contribution >= 0.6 is 0 Å². The molecule has 0 amide bonds. The number of rotatable bonds is 10. The Morgan fingerprint density at radius 3 is 1.93 bits per heavy atom. The summed E-state index contributed by atoms with van der Waals surface area (Å²) in [6.07, 6.45) is 5.07. The molecule has 0 saturated carbocycles. The summed E-state index contributed by atoms with van der Waals surface area (Å²) < 4.78 is 0. The minimum absolute atomic E-state index is 0.0327. The Bertz CT molecular complexity index is 687. The first-order valence-electron chi connectivity index (χ1n) is 10.5. The van der Waals surface area contributed by atoms with E-state index < -0.39 is 0 Å². The molecule has 2 rings (SSSR count). The zero-order valence-corrected chi connectivity index (χ0v) is 18.3. The molecule has 0 aromatic heterocycles. The van der Waals surface area contributed by atoms with Crippen molar-refractivity contribution in [1.82, 2.24) is 5.06 Å². The summed E-state index contributed by atoms with van der Waals surface area (Å²) in [5.41, 5.74) is 2.40. The average Bonchev–Trinajstić information content (AvgIpc) is 2.67. The van der Waals surface area contributed by atoms with E-state index in [-0.39, 0.29) is 17.7 Å². The highest BCUT2D eigenvalue weighted by molar-refractivity contribution is 5.20. The van der Waals surface area contributed by atoms with Crippen LogP contribution in [-0.4, -0.2) is 10.6 Å². The second kappa shape index (κ2) is 10.6. The largest absolute Gasteiger partial charge is 0.290 e. The molecule has 0 aliphatic rings. The van der Waals surface area contributed by atoms with Crippen LogP contribution in [0.5, 0.6) is 0 Å². The Hall–Kier alpha value is -1.90. The second-order valence-electron chi connectivity index (χ2n) is 8.82. The lowest BCUT2D eigenvalue weighted by Crippen LogP contribution is -2.46. The Morgan fingerprint density at radius 2 is 1.46 bits per heavy atom. The van der Waals surface area contributed by atoms with Gasteiger partial charge < -0.3 is 0 Å². The van der Waals surface area contributed by atoms with Crippen LogP contribution in [-0.2, 0) is 4.84 Å². The Morgan fingerprint density at radius 1 is 0.929 bits per heavy atom. The molecule has 0 aliphatic carbocycles. The van der Waals surface area contributed by atoms with Crippen LogP contribution in [0.4, 0.5) is 0 Å². The van der Waals surface area contributed by atoms with Gasteiger partial charge in [0.2, 0.25) is 0 Å². The summed E-state index contributed by atoms with van der Waals surface area (Å²) in [6.45, 7) is 15.1. The lowest BCUT2D eigenvalue weighted by molar-refractivity contribution is -0.277. The van der Waals surface area contributed by atoms with Gasteiger partial charge in [-0.3, -0.25) is 4.84 Å². The summed E-state index contributed by atoms with van der Waals surface area (Å²) in [5.74, 6) is 0.422. The van der Waals surface area contributed by atoms with Crippen LogP contribution < -0.4 is 0 Å². The van der Waals surface area contributed by atoms with Crippen molar-refractivity contribution in [3.8, 4) is 0 Å². The van der Waals surface area contributed by atoms with E-state index in [1.165, 1.54) is 11.1 Å². The molecule has 0 N–H and O–H groups in total. The Balaban J connectivity index is 2.37. The predicted molar refractivity (Wildman–Crippen MR) is 120 cm³/mol. The van der Waals surface area contributed by atoms with Crippen molar-refractivity contribution in [3.63, 3.8) is 0 Å². The summed E-state index contributed by atoms with van der Waals surface area (Å²) >= 11 is 0. The molecule has 2 unspecified atom stereocenters. The van der Waals surface area contributed by atoms with Gasteiger partial charge in [-0.15, -0.1) is 6.58 Å². The molecule has 0 bridgehead atoms. The highest BCUT2D eigenvalue weighted by atomic mass is 16.7. The Kier molecular flexibility index (Phi) is 8.47. The smallest absolute Gasteiger partial charge is 0.104 e. The van der Waals surface area contributed by atoms with Crippen molar-refractivity contribution in [2.45, 2.75) is 71.6 Å². The second-order valence-corrected chi connectivity index (χ2v) is 8.82. The van der Waals surface area contributed by atoms with Crippen LogP contribution in [0.3, 0.4) is 0 Å². The first kappa shape index (κ1) is 22.4. The molecule has 0 radical (unpaired) electrons. The van der Waals surface area contributed by atoms with Gasteiger partial charge in [-0.25, -0.2) is 0 Å². The van der Waals surface area contributed by atoms with Gasteiger partial charge in [0.15, 0.2) is 0 Å². The molecular weight excluding hydrogens is 342 g/mol. The van der Waals surface area contributed by atoms with Gasteiger partial charge in [-0.05, 0) is 57.1 Å². The van der Waals surface area contributed by atoms with E-state index in [4.69, 9.17) is 4.84 Å². The van der Waals surface area contributed by atoms with Gasteiger partial charge in [-0.1, -0.05) is 80.6 Å². The lowest BCUT2D eigenvalue weighted by atomic mass is 9.92. The standard InChI is InChI=1S/C26H37NO/c1-7-8-11-20-24(22-16-12-9-13-17-22)28-27(26(4,5)6)25(21(2)3)23-18-14-10-15-19-23/h7,9-10,12-19,21,24-25H,1,8,11,20H2,2-6H3. The number of benzene rings is 2. The lowest BCUT2D eigenvalue weighted by Gasteiger charge is -2.44. The van der Waals surface area contributed by atoms with E-state index in [0.29, 0.717) is 5.92 Å². The van der Waals surface area contributed by atoms with Gasteiger partial charge >= 0.3 is 0 Å². The van der Waals surface area contributed by atoms with E-state index >= 15 is 0 Å². The molecule has 28 heavy (non-hydrogen) atoms. The molecule has 2 atom stereocenters. The fourth-order valence-electron chi connectivity index (χ4n) is 3.61. The maximum atomic E-state index is 6.82. The van der Waals surface area contributed by atoms with Gasteiger partial charge in [0.25, 0.3) is 0 Å². The first-order chi connectivity index (χ1) is 13.3. The van der Waals surface area contributed by atoms with Crippen molar-refractivity contribution in [3.05, 3.63) is 84.4 Å². The summed E-state index contributed by atoms with van der Waals surface area (Å²) in [7, 11) is 0. The molecule has 2 aromatic carbocycles.